The highest BCUT2D eigenvalue weighted by atomic mass is 16.5. The van der Waals surface area contributed by atoms with E-state index in [4.69, 9.17) is 4.74 Å². The Hall–Kier alpha value is -1.56. The van der Waals surface area contributed by atoms with Crippen LogP contribution >= 0.6 is 0 Å². The molecule has 0 amide bonds. The zero-order valence-corrected chi connectivity index (χ0v) is 15.0. The van der Waals surface area contributed by atoms with Crippen molar-refractivity contribution in [2.75, 3.05) is 39.9 Å². The highest BCUT2D eigenvalue weighted by Gasteiger charge is 2.27. The largest absolute Gasteiger partial charge is 0.504 e. The summed E-state index contributed by atoms with van der Waals surface area (Å²) in [6.45, 7) is 8.65. The molecule has 1 heterocycles. The Bertz CT molecular complexity index is 545. The SMILES string of the molecule is COc1cc(/C=C/CN2CCN(C(C)C)[C@H](CCO)C2)ccc1O. The van der Waals surface area contributed by atoms with Crippen molar-refractivity contribution in [1.29, 1.82) is 0 Å². The van der Waals surface area contributed by atoms with Gasteiger partial charge in [0.2, 0.25) is 0 Å². The number of phenols is 1. The van der Waals surface area contributed by atoms with Gasteiger partial charge in [0.15, 0.2) is 11.5 Å². The zero-order chi connectivity index (χ0) is 17.5. The van der Waals surface area contributed by atoms with Crippen molar-refractivity contribution in [2.24, 2.45) is 0 Å². The van der Waals surface area contributed by atoms with Gasteiger partial charge in [-0.3, -0.25) is 9.80 Å². The monoisotopic (exact) mass is 334 g/mol. The third-order valence-electron chi connectivity index (χ3n) is 4.62. The predicted octanol–water partition coefficient (Wildman–Crippen LogP) is 2.19. The van der Waals surface area contributed by atoms with E-state index in [1.807, 2.05) is 12.1 Å². The summed E-state index contributed by atoms with van der Waals surface area (Å²) < 4.78 is 5.13. The first-order chi connectivity index (χ1) is 11.5. The molecule has 0 aliphatic carbocycles. The maximum atomic E-state index is 9.63. The normalized spacial score (nSPS) is 20.1. The highest BCUT2D eigenvalue weighted by molar-refractivity contribution is 5.55. The van der Waals surface area contributed by atoms with Crippen LogP contribution in [-0.4, -0.2) is 72.0 Å². The number of rotatable bonds is 7. The van der Waals surface area contributed by atoms with E-state index in [-0.39, 0.29) is 12.4 Å². The lowest BCUT2D eigenvalue weighted by atomic mass is 10.1. The van der Waals surface area contributed by atoms with Crippen molar-refractivity contribution in [1.82, 2.24) is 9.80 Å². The number of piperazine rings is 1. The molecular weight excluding hydrogens is 304 g/mol. The van der Waals surface area contributed by atoms with Gasteiger partial charge in [-0.05, 0) is 38.0 Å². The fourth-order valence-corrected chi connectivity index (χ4v) is 3.32. The summed E-state index contributed by atoms with van der Waals surface area (Å²) in [4.78, 5) is 4.91. The smallest absolute Gasteiger partial charge is 0.161 e. The number of aromatic hydroxyl groups is 1. The van der Waals surface area contributed by atoms with Gasteiger partial charge in [-0.1, -0.05) is 18.2 Å². The van der Waals surface area contributed by atoms with Crippen LogP contribution in [0.5, 0.6) is 11.5 Å². The molecule has 1 saturated heterocycles. The first-order valence-electron chi connectivity index (χ1n) is 8.67. The van der Waals surface area contributed by atoms with Crippen LogP contribution < -0.4 is 4.74 Å². The van der Waals surface area contributed by atoms with Crippen LogP contribution in [0, 0.1) is 0 Å². The lowest BCUT2D eigenvalue weighted by molar-refractivity contribution is 0.0435. The second kappa shape index (κ2) is 9.06. The quantitative estimate of drug-likeness (QED) is 0.800. The van der Waals surface area contributed by atoms with Crippen LogP contribution in [0.1, 0.15) is 25.8 Å². The molecule has 1 aliphatic rings. The van der Waals surface area contributed by atoms with Crippen LogP contribution in [-0.2, 0) is 0 Å². The van der Waals surface area contributed by atoms with E-state index in [1.165, 1.54) is 0 Å². The Balaban J connectivity index is 1.92. The molecule has 2 N–H and O–H groups in total. The third-order valence-corrected chi connectivity index (χ3v) is 4.62. The van der Waals surface area contributed by atoms with Crippen molar-refractivity contribution >= 4 is 6.08 Å². The molecule has 5 nitrogen and oxygen atoms in total. The summed E-state index contributed by atoms with van der Waals surface area (Å²) in [6, 6.07) is 6.29. The van der Waals surface area contributed by atoms with Gasteiger partial charge in [0.1, 0.15) is 0 Å². The Morgan fingerprint density at radius 1 is 1.33 bits per heavy atom. The van der Waals surface area contributed by atoms with E-state index < -0.39 is 0 Å². The Labute approximate surface area is 145 Å². The van der Waals surface area contributed by atoms with Gasteiger partial charge >= 0.3 is 0 Å². The summed E-state index contributed by atoms with van der Waals surface area (Å²) in [5.41, 5.74) is 1.01. The molecule has 0 radical (unpaired) electrons. The summed E-state index contributed by atoms with van der Waals surface area (Å²) in [7, 11) is 1.55. The molecule has 1 aliphatic heterocycles. The summed E-state index contributed by atoms with van der Waals surface area (Å²) in [6.07, 6.45) is 5.03. The van der Waals surface area contributed by atoms with Crippen molar-refractivity contribution in [3.63, 3.8) is 0 Å². The minimum absolute atomic E-state index is 0.159. The molecule has 2 rings (SSSR count). The lowest BCUT2D eigenvalue weighted by Crippen LogP contribution is -2.55. The fraction of sp³-hybridized carbons (Fsp3) is 0.579. The van der Waals surface area contributed by atoms with Gasteiger partial charge in [-0.25, -0.2) is 0 Å². The first-order valence-corrected chi connectivity index (χ1v) is 8.67. The number of aliphatic hydroxyl groups is 1. The molecule has 0 aromatic heterocycles. The van der Waals surface area contributed by atoms with Gasteiger partial charge in [0.05, 0.1) is 7.11 Å². The fourth-order valence-electron chi connectivity index (χ4n) is 3.32. The van der Waals surface area contributed by atoms with E-state index >= 15 is 0 Å². The van der Waals surface area contributed by atoms with Crippen LogP contribution in [0.25, 0.3) is 6.08 Å². The molecule has 0 unspecified atom stereocenters. The minimum atomic E-state index is 0.159. The number of methoxy groups -OCH3 is 1. The molecule has 134 valence electrons. The van der Waals surface area contributed by atoms with Gasteiger partial charge in [0, 0.05) is 44.9 Å². The molecule has 1 aromatic carbocycles. The molecular formula is C19H30N2O3. The number of aliphatic hydroxyl groups excluding tert-OH is 1. The third kappa shape index (κ3) is 4.97. The van der Waals surface area contributed by atoms with Crippen LogP contribution in [0.3, 0.4) is 0 Å². The van der Waals surface area contributed by atoms with E-state index in [0.29, 0.717) is 17.8 Å². The van der Waals surface area contributed by atoms with Crippen molar-refractivity contribution in [3.05, 3.63) is 29.8 Å². The summed E-state index contributed by atoms with van der Waals surface area (Å²) in [5.74, 6) is 0.650. The minimum Gasteiger partial charge on any atom is -0.504 e. The Morgan fingerprint density at radius 3 is 2.79 bits per heavy atom. The van der Waals surface area contributed by atoms with Crippen LogP contribution in [0.15, 0.2) is 24.3 Å². The molecule has 1 fully saturated rings. The van der Waals surface area contributed by atoms with Gasteiger partial charge in [-0.15, -0.1) is 0 Å². The number of hydrogen-bond donors (Lipinski definition) is 2. The van der Waals surface area contributed by atoms with Crippen molar-refractivity contribution in [2.45, 2.75) is 32.4 Å². The molecule has 24 heavy (non-hydrogen) atoms. The number of hydrogen-bond acceptors (Lipinski definition) is 5. The average molecular weight is 334 g/mol. The van der Waals surface area contributed by atoms with Crippen molar-refractivity contribution in [3.8, 4) is 11.5 Å². The Kier molecular flexibility index (Phi) is 7.09. The van der Waals surface area contributed by atoms with Crippen molar-refractivity contribution < 1.29 is 14.9 Å². The van der Waals surface area contributed by atoms with Crippen LogP contribution in [0.2, 0.25) is 0 Å². The second-order valence-corrected chi connectivity index (χ2v) is 6.59. The highest BCUT2D eigenvalue weighted by Crippen LogP contribution is 2.26. The number of benzene rings is 1. The van der Waals surface area contributed by atoms with Gasteiger partial charge < -0.3 is 14.9 Å². The van der Waals surface area contributed by atoms with Crippen LogP contribution in [0.4, 0.5) is 0 Å². The molecule has 1 aromatic rings. The predicted molar refractivity (Wildman–Crippen MR) is 97.5 cm³/mol. The standard InChI is InChI=1S/C19H30N2O3/c1-15(2)21-11-10-20(14-17(21)8-12-22)9-4-5-16-6-7-18(23)19(13-16)24-3/h4-7,13,15,17,22-23H,8-12,14H2,1-3H3/b5-4+/t17-/m1/s1. The Morgan fingerprint density at radius 2 is 2.12 bits per heavy atom. The lowest BCUT2D eigenvalue weighted by Gasteiger charge is -2.43. The van der Waals surface area contributed by atoms with E-state index in [9.17, 15) is 10.2 Å². The summed E-state index contributed by atoms with van der Waals surface area (Å²) >= 11 is 0. The molecule has 0 spiro atoms. The molecule has 5 heteroatoms. The second-order valence-electron chi connectivity index (χ2n) is 6.59. The average Bonchev–Trinajstić information content (AvgIpc) is 2.56. The molecule has 0 saturated carbocycles. The van der Waals surface area contributed by atoms with E-state index in [0.717, 1.165) is 38.2 Å². The summed E-state index contributed by atoms with van der Waals surface area (Å²) in [5, 5.41) is 18.9. The van der Waals surface area contributed by atoms with Gasteiger partial charge in [0.25, 0.3) is 0 Å². The number of phenolic OH excluding ortho intramolecular Hbond substituents is 1. The zero-order valence-electron chi connectivity index (χ0n) is 15.0. The van der Waals surface area contributed by atoms with E-state index in [2.05, 4.69) is 35.8 Å². The number of ether oxygens (including phenoxy) is 1. The van der Waals surface area contributed by atoms with Gasteiger partial charge in [-0.2, -0.15) is 0 Å². The number of nitrogens with zero attached hydrogens (tertiary/aromatic N) is 2. The molecule has 1 atom stereocenters. The molecule has 0 bridgehead atoms. The first kappa shape index (κ1) is 18.8. The maximum absolute atomic E-state index is 9.63. The topological polar surface area (TPSA) is 56.2 Å². The maximum Gasteiger partial charge on any atom is 0.161 e. The van der Waals surface area contributed by atoms with E-state index in [1.54, 1.807) is 13.2 Å².